The Morgan fingerprint density at radius 2 is 1.92 bits per heavy atom. The molecule has 0 aliphatic rings. The van der Waals surface area contributed by atoms with Gasteiger partial charge in [0.1, 0.15) is 0 Å². The lowest BCUT2D eigenvalue weighted by Gasteiger charge is -2.07. The molecule has 1 aromatic carbocycles. The van der Waals surface area contributed by atoms with E-state index in [1.165, 1.54) is 0 Å². The number of carbonyl (C=O) groups is 1. The Bertz CT molecular complexity index is 292. The molecule has 1 nitrogen and oxygen atoms in total. The van der Waals surface area contributed by atoms with Crippen molar-refractivity contribution in [1.29, 1.82) is 0 Å². The normalized spacial score (nSPS) is 12.5. The number of hydrogen-bond acceptors (Lipinski definition) is 1. The smallest absolute Gasteiger partial charge is 0.150 e. The minimum absolute atomic E-state index is 0.161. The van der Waals surface area contributed by atoms with Gasteiger partial charge in [0.25, 0.3) is 0 Å². The molecule has 0 N–H and O–H groups in total. The van der Waals surface area contributed by atoms with Gasteiger partial charge in [-0.05, 0) is 17.7 Å². The molecule has 0 aromatic heterocycles. The monoisotopic (exact) mass is 304 g/mol. The number of halogens is 2. The van der Waals surface area contributed by atoms with Crippen LogP contribution in [0.1, 0.15) is 23.7 Å². The predicted molar refractivity (Wildman–Crippen MR) is 61.1 cm³/mol. The molecular formula is C10H10Br2O. The third kappa shape index (κ3) is 2.92. The number of ketones is 1. The molecule has 0 bridgehead atoms. The van der Waals surface area contributed by atoms with Gasteiger partial charge >= 0.3 is 0 Å². The Balaban J connectivity index is 2.83. The fourth-order valence-electron chi connectivity index (χ4n) is 0.997. The summed E-state index contributed by atoms with van der Waals surface area (Å²) in [6, 6.07) is 7.76. The predicted octanol–water partition coefficient (Wildman–Crippen LogP) is 3.86. The van der Waals surface area contributed by atoms with Gasteiger partial charge in [-0.25, -0.2) is 0 Å². The van der Waals surface area contributed by atoms with Crippen LogP contribution in [-0.2, 0) is 4.79 Å². The zero-order valence-electron chi connectivity index (χ0n) is 7.26. The molecule has 0 saturated carbocycles. The van der Waals surface area contributed by atoms with Crippen molar-refractivity contribution < 1.29 is 4.79 Å². The summed E-state index contributed by atoms with van der Waals surface area (Å²) in [6.07, 6.45) is 0.561. The highest BCUT2D eigenvalue weighted by Gasteiger charge is 2.14. The van der Waals surface area contributed by atoms with Gasteiger partial charge in [-0.1, -0.05) is 50.9 Å². The number of rotatable bonds is 3. The second kappa shape index (κ2) is 4.91. The maximum Gasteiger partial charge on any atom is 0.150 e. The summed E-state index contributed by atoms with van der Waals surface area (Å²) < 4.78 is 1.03. The standard InChI is InChI=1S/C10H10Br2O/c1-2-9(13)10(12)7-3-5-8(11)6-4-7/h3-6,10H,2H2,1H3. The van der Waals surface area contributed by atoms with Crippen LogP contribution in [0.3, 0.4) is 0 Å². The van der Waals surface area contributed by atoms with E-state index in [1.807, 2.05) is 31.2 Å². The van der Waals surface area contributed by atoms with E-state index in [2.05, 4.69) is 31.9 Å². The van der Waals surface area contributed by atoms with Crippen molar-refractivity contribution in [1.82, 2.24) is 0 Å². The van der Waals surface area contributed by atoms with Crippen molar-refractivity contribution in [2.75, 3.05) is 0 Å². The highest BCUT2D eigenvalue weighted by Crippen LogP contribution is 2.25. The van der Waals surface area contributed by atoms with Crippen LogP contribution in [0.5, 0.6) is 0 Å². The van der Waals surface area contributed by atoms with Gasteiger partial charge in [-0.3, -0.25) is 4.79 Å². The Kier molecular flexibility index (Phi) is 4.13. The van der Waals surface area contributed by atoms with Gasteiger partial charge in [-0.2, -0.15) is 0 Å². The molecule has 0 saturated heterocycles. The van der Waals surface area contributed by atoms with Crippen LogP contribution < -0.4 is 0 Å². The summed E-state index contributed by atoms with van der Waals surface area (Å²) in [6.45, 7) is 1.87. The summed E-state index contributed by atoms with van der Waals surface area (Å²) >= 11 is 6.72. The van der Waals surface area contributed by atoms with Gasteiger partial charge in [0.15, 0.2) is 5.78 Å². The molecule has 0 heterocycles. The van der Waals surface area contributed by atoms with Crippen molar-refractivity contribution in [3.8, 4) is 0 Å². The lowest BCUT2D eigenvalue weighted by atomic mass is 10.1. The Morgan fingerprint density at radius 3 is 2.38 bits per heavy atom. The Labute approximate surface area is 94.8 Å². The van der Waals surface area contributed by atoms with Crippen molar-refractivity contribution >= 4 is 37.6 Å². The van der Waals surface area contributed by atoms with Crippen molar-refractivity contribution in [3.05, 3.63) is 34.3 Å². The van der Waals surface area contributed by atoms with Crippen molar-refractivity contribution in [3.63, 3.8) is 0 Å². The number of alkyl halides is 1. The van der Waals surface area contributed by atoms with Gasteiger partial charge in [0.2, 0.25) is 0 Å². The van der Waals surface area contributed by atoms with Crippen LogP contribution in [0.25, 0.3) is 0 Å². The van der Waals surface area contributed by atoms with Gasteiger partial charge < -0.3 is 0 Å². The molecule has 13 heavy (non-hydrogen) atoms. The molecule has 0 radical (unpaired) electrons. The Morgan fingerprint density at radius 1 is 1.38 bits per heavy atom. The third-order valence-corrected chi connectivity index (χ3v) is 3.36. The van der Waals surface area contributed by atoms with E-state index in [1.54, 1.807) is 0 Å². The molecule has 0 aliphatic carbocycles. The fraction of sp³-hybridized carbons (Fsp3) is 0.300. The fourth-order valence-corrected chi connectivity index (χ4v) is 1.89. The molecule has 3 heteroatoms. The van der Waals surface area contributed by atoms with Crippen LogP contribution in [0.4, 0.5) is 0 Å². The van der Waals surface area contributed by atoms with Crippen LogP contribution >= 0.6 is 31.9 Å². The quantitative estimate of drug-likeness (QED) is 0.775. The zero-order chi connectivity index (χ0) is 9.84. The van der Waals surface area contributed by atoms with E-state index in [0.29, 0.717) is 6.42 Å². The lowest BCUT2D eigenvalue weighted by Crippen LogP contribution is -2.03. The third-order valence-electron chi connectivity index (χ3n) is 1.79. The van der Waals surface area contributed by atoms with Crippen LogP contribution in [0.15, 0.2) is 28.7 Å². The molecule has 0 amide bonds. The average Bonchev–Trinajstić information content (AvgIpc) is 2.17. The largest absolute Gasteiger partial charge is 0.298 e. The summed E-state index contributed by atoms with van der Waals surface area (Å²) in [5.41, 5.74) is 1.01. The minimum Gasteiger partial charge on any atom is -0.298 e. The molecule has 1 atom stereocenters. The van der Waals surface area contributed by atoms with Gasteiger partial charge in [0.05, 0.1) is 4.83 Å². The molecule has 1 rings (SSSR count). The number of Topliss-reactive ketones (excluding diaryl/α,β-unsaturated/α-hetero) is 1. The van der Waals surface area contributed by atoms with E-state index in [0.717, 1.165) is 10.0 Å². The molecule has 0 spiro atoms. The van der Waals surface area contributed by atoms with Gasteiger partial charge in [-0.15, -0.1) is 0 Å². The molecule has 0 aliphatic heterocycles. The SMILES string of the molecule is CCC(=O)C(Br)c1ccc(Br)cc1. The molecule has 70 valence electrons. The van der Waals surface area contributed by atoms with E-state index < -0.39 is 0 Å². The molecule has 1 unspecified atom stereocenters. The van der Waals surface area contributed by atoms with Crippen LogP contribution in [-0.4, -0.2) is 5.78 Å². The highest BCUT2D eigenvalue weighted by molar-refractivity contribution is 9.10. The summed E-state index contributed by atoms with van der Waals surface area (Å²) in [5.74, 6) is 0.210. The highest BCUT2D eigenvalue weighted by atomic mass is 79.9. The van der Waals surface area contributed by atoms with Crippen molar-refractivity contribution in [2.45, 2.75) is 18.2 Å². The first-order valence-corrected chi connectivity index (χ1v) is 5.78. The molecular weight excluding hydrogens is 296 g/mol. The lowest BCUT2D eigenvalue weighted by molar-refractivity contribution is -0.118. The first-order chi connectivity index (χ1) is 6.15. The van der Waals surface area contributed by atoms with E-state index in [9.17, 15) is 4.79 Å². The van der Waals surface area contributed by atoms with E-state index in [4.69, 9.17) is 0 Å². The second-order valence-corrected chi connectivity index (χ2v) is 4.57. The average molecular weight is 306 g/mol. The summed E-state index contributed by atoms with van der Waals surface area (Å²) in [7, 11) is 0. The summed E-state index contributed by atoms with van der Waals surface area (Å²) in [5, 5.41) is 0. The van der Waals surface area contributed by atoms with Crippen LogP contribution in [0.2, 0.25) is 0 Å². The molecule has 0 fully saturated rings. The number of benzene rings is 1. The minimum atomic E-state index is -0.161. The summed E-state index contributed by atoms with van der Waals surface area (Å²) in [4.78, 5) is 11.2. The molecule has 1 aromatic rings. The number of carbonyl (C=O) groups excluding carboxylic acids is 1. The zero-order valence-corrected chi connectivity index (χ0v) is 10.4. The van der Waals surface area contributed by atoms with Crippen molar-refractivity contribution in [2.24, 2.45) is 0 Å². The van der Waals surface area contributed by atoms with E-state index in [-0.39, 0.29) is 10.6 Å². The first kappa shape index (κ1) is 10.9. The maximum absolute atomic E-state index is 11.3. The number of hydrogen-bond donors (Lipinski definition) is 0. The maximum atomic E-state index is 11.3. The Hall–Kier alpha value is -0.150. The van der Waals surface area contributed by atoms with Crippen LogP contribution in [0, 0.1) is 0 Å². The second-order valence-electron chi connectivity index (χ2n) is 2.73. The van der Waals surface area contributed by atoms with E-state index >= 15 is 0 Å². The first-order valence-electron chi connectivity index (χ1n) is 4.07. The van der Waals surface area contributed by atoms with Gasteiger partial charge in [0, 0.05) is 10.9 Å². The topological polar surface area (TPSA) is 17.1 Å².